The van der Waals surface area contributed by atoms with Gasteiger partial charge in [0.25, 0.3) is 0 Å². The molecule has 0 saturated carbocycles. The molecule has 1 aliphatic rings. The molecule has 0 aromatic heterocycles. The van der Waals surface area contributed by atoms with Gasteiger partial charge in [-0.3, -0.25) is 4.79 Å². The van der Waals surface area contributed by atoms with Crippen LogP contribution in [0.3, 0.4) is 0 Å². The second kappa shape index (κ2) is 6.42. The van der Waals surface area contributed by atoms with Crippen molar-refractivity contribution >= 4 is 29.1 Å². The average Bonchev–Trinajstić information content (AvgIpc) is 2.77. The summed E-state index contributed by atoms with van der Waals surface area (Å²) in [6, 6.07) is 5.39. The number of rotatable bonds is 4. The Kier molecular flexibility index (Phi) is 4.62. The molecular formula is C13H15N3O3S. The van der Waals surface area contributed by atoms with Gasteiger partial charge in [-0.25, -0.2) is 0 Å². The summed E-state index contributed by atoms with van der Waals surface area (Å²) in [5.41, 5.74) is 0.749. The molecule has 0 unspecified atom stereocenters. The summed E-state index contributed by atoms with van der Waals surface area (Å²) in [7, 11) is 3.18. The first-order chi connectivity index (χ1) is 9.63. The molecule has 1 atom stereocenters. The lowest BCUT2D eigenvalue weighted by Gasteiger charge is -2.06. The van der Waals surface area contributed by atoms with E-state index in [-0.39, 0.29) is 11.2 Å². The van der Waals surface area contributed by atoms with Crippen molar-refractivity contribution in [3.8, 4) is 11.5 Å². The van der Waals surface area contributed by atoms with Gasteiger partial charge in [0.05, 0.1) is 25.7 Å². The van der Waals surface area contributed by atoms with Gasteiger partial charge in [0.15, 0.2) is 5.17 Å². The minimum Gasteiger partial charge on any atom is -0.497 e. The van der Waals surface area contributed by atoms with Gasteiger partial charge in [-0.05, 0) is 25.1 Å². The number of nitrogens with zero attached hydrogens (tertiary/aromatic N) is 2. The van der Waals surface area contributed by atoms with Crippen molar-refractivity contribution in [2.75, 3.05) is 14.2 Å². The van der Waals surface area contributed by atoms with Crippen LogP contribution in [0.5, 0.6) is 11.5 Å². The SMILES string of the molecule is COc1ccc(OC)c(/C=N\N=C2/NC(=O)[C@H](C)S2)c1. The Morgan fingerprint density at radius 2 is 2.15 bits per heavy atom. The number of thioether (sulfide) groups is 1. The standard InChI is InChI=1S/C13H15N3O3S/c1-8-12(17)15-13(20-8)16-14-7-9-6-10(18-2)4-5-11(9)19-3/h4-8H,1-3H3,(H,15,16,17)/b14-7-/t8-/m0/s1. The van der Waals surface area contributed by atoms with Crippen molar-refractivity contribution in [3.63, 3.8) is 0 Å². The average molecular weight is 293 g/mol. The fourth-order valence-corrected chi connectivity index (χ4v) is 2.34. The molecule has 0 bridgehead atoms. The van der Waals surface area contributed by atoms with E-state index in [1.807, 2.05) is 6.92 Å². The zero-order valence-corrected chi connectivity index (χ0v) is 12.2. The lowest BCUT2D eigenvalue weighted by atomic mass is 10.2. The normalized spacial score (nSPS) is 20.4. The summed E-state index contributed by atoms with van der Waals surface area (Å²) in [6.07, 6.45) is 1.56. The molecule has 1 aromatic carbocycles. The largest absolute Gasteiger partial charge is 0.497 e. The van der Waals surface area contributed by atoms with Crippen molar-refractivity contribution in [2.24, 2.45) is 10.2 Å². The second-order valence-corrected chi connectivity index (χ2v) is 5.34. The molecule has 0 spiro atoms. The molecule has 0 aliphatic carbocycles. The third kappa shape index (κ3) is 3.30. The molecule has 1 heterocycles. The van der Waals surface area contributed by atoms with Gasteiger partial charge in [0.1, 0.15) is 11.5 Å². The smallest absolute Gasteiger partial charge is 0.239 e. The molecule has 1 aromatic rings. The predicted octanol–water partition coefficient (Wildman–Crippen LogP) is 1.65. The summed E-state index contributed by atoms with van der Waals surface area (Å²) in [6.45, 7) is 1.82. The van der Waals surface area contributed by atoms with Crippen LogP contribution in [0.2, 0.25) is 0 Å². The predicted molar refractivity (Wildman–Crippen MR) is 79.8 cm³/mol. The van der Waals surface area contributed by atoms with Gasteiger partial charge >= 0.3 is 0 Å². The molecule has 1 fully saturated rings. The Morgan fingerprint density at radius 1 is 1.35 bits per heavy atom. The van der Waals surface area contributed by atoms with E-state index >= 15 is 0 Å². The lowest BCUT2D eigenvalue weighted by Crippen LogP contribution is -2.23. The monoisotopic (exact) mass is 293 g/mol. The summed E-state index contributed by atoms with van der Waals surface area (Å²) in [4.78, 5) is 11.3. The van der Waals surface area contributed by atoms with Crippen LogP contribution in [-0.2, 0) is 4.79 Å². The van der Waals surface area contributed by atoms with Crippen molar-refractivity contribution in [1.82, 2.24) is 5.32 Å². The zero-order chi connectivity index (χ0) is 14.5. The molecule has 1 N–H and O–H groups in total. The summed E-state index contributed by atoms with van der Waals surface area (Å²) < 4.78 is 10.4. The van der Waals surface area contributed by atoms with Gasteiger partial charge in [0.2, 0.25) is 5.91 Å². The second-order valence-electron chi connectivity index (χ2n) is 4.01. The maximum absolute atomic E-state index is 11.3. The van der Waals surface area contributed by atoms with Crippen molar-refractivity contribution in [2.45, 2.75) is 12.2 Å². The maximum atomic E-state index is 11.3. The highest BCUT2D eigenvalue weighted by Crippen LogP contribution is 2.22. The van der Waals surface area contributed by atoms with Crippen LogP contribution in [-0.4, -0.2) is 36.8 Å². The van der Waals surface area contributed by atoms with Crippen LogP contribution in [0.15, 0.2) is 28.4 Å². The Balaban J connectivity index is 2.15. The van der Waals surface area contributed by atoms with Crippen molar-refractivity contribution < 1.29 is 14.3 Å². The lowest BCUT2D eigenvalue weighted by molar-refractivity contribution is -0.118. The van der Waals surface area contributed by atoms with Crippen LogP contribution in [0, 0.1) is 0 Å². The molecule has 20 heavy (non-hydrogen) atoms. The van der Waals surface area contributed by atoms with E-state index in [9.17, 15) is 4.79 Å². The van der Waals surface area contributed by atoms with E-state index < -0.39 is 0 Å². The zero-order valence-electron chi connectivity index (χ0n) is 11.4. The van der Waals surface area contributed by atoms with Crippen LogP contribution in [0.1, 0.15) is 12.5 Å². The van der Waals surface area contributed by atoms with Gasteiger partial charge in [-0.2, -0.15) is 5.10 Å². The number of nitrogens with one attached hydrogen (secondary N) is 1. The summed E-state index contributed by atoms with van der Waals surface area (Å²) in [5.74, 6) is 1.33. The van der Waals surface area contributed by atoms with Gasteiger partial charge in [-0.15, -0.1) is 5.10 Å². The highest BCUT2D eigenvalue weighted by molar-refractivity contribution is 8.15. The number of amidine groups is 1. The Morgan fingerprint density at radius 3 is 2.75 bits per heavy atom. The first-order valence-electron chi connectivity index (χ1n) is 5.94. The summed E-state index contributed by atoms with van der Waals surface area (Å²) in [5, 5.41) is 11.0. The van der Waals surface area contributed by atoms with E-state index in [2.05, 4.69) is 15.5 Å². The van der Waals surface area contributed by atoms with E-state index in [4.69, 9.17) is 9.47 Å². The molecule has 6 nitrogen and oxygen atoms in total. The molecule has 7 heteroatoms. The molecule has 1 aliphatic heterocycles. The quantitative estimate of drug-likeness (QED) is 0.676. The number of carbonyl (C=O) groups excluding carboxylic acids is 1. The van der Waals surface area contributed by atoms with E-state index in [1.165, 1.54) is 11.8 Å². The van der Waals surface area contributed by atoms with Crippen molar-refractivity contribution in [1.29, 1.82) is 0 Å². The molecule has 2 rings (SSSR count). The van der Waals surface area contributed by atoms with E-state index in [0.717, 1.165) is 5.56 Å². The van der Waals surface area contributed by atoms with Crippen LogP contribution in [0.25, 0.3) is 0 Å². The maximum Gasteiger partial charge on any atom is 0.239 e. The van der Waals surface area contributed by atoms with Gasteiger partial charge < -0.3 is 14.8 Å². The highest BCUT2D eigenvalue weighted by atomic mass is 32.2. The van der Waals surface area contributed by atoms with Gasteiger partial charge in [-0.1, -0.05) is 11.8 Å². The number of hydrogen-bond donors (Lipinski definition) is 1. The molecule has 0 radical (unpaired) electrons. The fraction of sp³-hybridized carbons (Fsp3) is 0.308. The third-order valence-electron chi connectivity index (χ3n) is 2.67. The number of methoxy groups -OCH3 is 2. The van der Waals surface area contributed by atoms with Crippen LogP contribution >= 0.6 is 11.8 Å². The highest BCUT2D eigenvalue weighted by Gasteiger charge is 2.25. The molecule has 106 valence electrons. The number of amides is 1. The first kappa shape index (κ1) is 14.4. The van der Waals surface area contributed by atoms with Crippen molar-refractivity contribution in [3.05, 3.63) is 23.8 Å². The number of hydrogen-bond acceptors (Lipinski definition) is 6. The van der Waals surface area contributed by atoms with E-state index in [0.29, 0.717) is 16.7 Å². The third-order valence-corrected chi connectivity index (χ3v) is 3.64. The van der Waals surface area contributed by atoms with Crippen LogP contribution in [0.4, 0.5) is 0 Å². The minimum atomic E-state index is -0.129. The number of benzene rings is 1. The van der Waals surface area contributed by atoms with Crippen LogP contribution < -0.4 is 14.8 Å². The molecule has 1 amide bonds. The molecular weight excluding hydrogens is 278 g/mol. The molecule has 1 saturated heterocycles. The van der Waals surface area contributed by atoms with Gasteiger partial charge in [0, 0.05) is 5.56 Å². The topological polar surface area (TPSA) is 72.3 Å². The Labute approximate surface area is 121 Å². The van der Waals surface area contributed by atoms with E-state index in [1.54, 1.807) is 38.6 Å². The number of ether oxygens (including phenoxy) is 2. The Bertz CT molecular complexity index is 572. The minimum absolute atomic E-state index is 0.0529. The first-order valence-corrected chi connectivity index (χ1v) is 6.82. The number of carbonyl (C=O) groups is 1. The fourth-order valence-electron chi connectivity index (χ4n) is 1.59. The summed E-state index contributed by atoms with van der Waals surface area (Å²) >= 11 is 1.35. The Hall–Kier alpha value is -2.02.